The van der Waals surface area contributed by atoms with Gasteiger partial charge in [-0.1, -0.05) is 41.1 Å². The van der Waals surface area contributed by atoms with Crippen molar-refractivity contribution in [1.82, 2.24) is 10.1 Å². The Morgan fingerprint density at radius 3 is 2.72 bits per heavy atom. The van der Waals surface area contributed by atoms with E-state index in [1.807, 2.05) is 37.3 Å². The van der Waals surface area contributed by atoms with Gasteiger partial charge in [-0.15, -0.1) is 0 Å². The number of aromatic nitrogens is 1. The van der Waals surface area contributed by atoms with Crippen LogP contribution in [0.25, 0.3) is 11.3 Å². The molecule has 7 nitrogen and oxygen atoms in total. The van der Waals surface area contributed by atoms with Gasteiger partial charge in [0.2, 0.25) is 11.8 Å². The zero-order valence-electron chi connectivity index (χ0n) is 18.2. The molecule has 5 rings (SSSR count). The van der Waals surface area contributed by atoms with Gasteiger partial charge in [0.15, 0.2) is 11.5 Å². The Morgan fingerprint density at radius 1 is 1.06 bits per heavy atom. The van der Waals surface area contributed by atoms with E-state index in [-0.39, 0.29) is 11.9 Å². The third-order valence-electron chi connectivity index (χ3n) is 5.99. The van der Waals surface area contributed by atoms with E-state index in [2.05, 4.69) is 27.5 Å². The van der Waals surface area contributed by atoms with Crippen molar-refractivity contribution in [2.75, 3.05) is 31.6 Å². The first-order chi connectivity index (χ1) is 15.7. The molecular weight excluding hydrogens is 406 g/mol. The summed E-state index contributed by atoms with van der Waals surface area (Å²) in [5.74, 6) is 1.83. The molecule has 7 heteroatoms. The third kappa shape index (κ3) is 4.48. The summed E-state index contributed by atoms with van der Waals surface area (Å²) in [7, 11) is 0. The van der Waals surface area contributed by atoms with Gasteiger partial charge in [0.1, 0.15) is 5.69 Å². The number of aryl methyl sites for hydroxylation is 1. The number of rotatable bonds is 5. The molecule has 2 aromatic carbocycles. The molecular formula is C25H27N3O4. The molecule has 2 aliphatic rings. The van der Waals surface area contributed by atoms with Crippen LogP contribution in [0, 0.1) is 6.92 Å². The minimum atomic E-state index is -0.113. The number of nitrogens with one attached hydrogen (secondary N) is 1. The number of ether oxygens (including phenoxy) is 2. The number of hydrogen-bond donors (Lipinski definition) is 1. The summed E-state index contributed by atoms with van der Waals surface area (Å²) in [6.07, 6.45) is 2.94. The van der Waals surface area contributed by atoms with E-state index in [1.54, 1.807) is 6.07 Å². The summed E-state index contributed by atoms with van der Waals surface area (Å²) in [6, 6.07) is 16.1. The van der Waals surface area contributed by atoms with Crippen molar-refractivity contribution in [2.45, 2.75) is 32.2 Å². The maximum Gasteiger partial charge on any atom is 0.240 e. The average molecular weight is 434 g/mol. The molecule has 1 fully saturated rings. The number of fused-ring (bicyclic) bond motifs is 1. The largest absolute Gasteiger partial charge is 0.490 e. The van der Waals surface area contributed by atoms with Crippen molar-refractivity contribution in [3.8, 4) is 22.8 Å². The van der Waals surface area contributed by atoms with Gasteiger partial charge in [-0.3, -0.25) is 15.0 Å². The fourth-order valence-electron chi connectivity index (χ4n) is 4.34. The summed E-state index contributed by atoms with van der Waals surface area (Å²) in [5, 5.41) is 6.93. The second-order valence-corrected chi connectivity index (χ2v) is 8.38. The highest BCUT2D eigenvalue weighted by Crippen LogP contribution is 2.37. The summed E-state index contributed by atoms with van der Waals surface area (Å²) in [4.78, 5) is 14.9. The predicted molar refractivity (Wildman–Crippen MR) is 121 cm³/mol. The molecule has 1 atom stereocenters. The second-order valence-electron chi connectivity index (χ2n) is 8.38. The van der Waals surface area contributed by atoms with Crippen molar-refractivity contribution >= 4 is 11.8 Å². The third-order valence-corrected chi connectivity index (χ3v) is 5.99. The van der Waals surface area contributed by atoms with Crippen LogP contribution in [-0.2, 0) is 4.79 Å². The lowest BCUT2D eigenvalue weighted by Gasteiger charge is -2.24. The number of amides is 1. The lowest BCUT2D eigenvalue weighted by Crippen LogP contribution is -2.32. The molecule has 1 aromatic heterocycles. The first kappa shape index (κ1) is 20.6. The maximum atomic E-state index is 12.7. The average Bonchev–Trinajstić information content (AvgIpc) is 3.38. The highest BCUT2D eigenvalue weighted by Gasteiger charge is 2.29. The topological polar surface area (TPSA) is 76.8 Å². The lowest BCUT2D eigenvalue weighted by molar-refractivity contribution is -0.117. The monoisotopic (exact) mass is 433 g/mol. The van der Waals surface area contributed by atoms with Gasteiger partial charge >= 0.3 is 0 Å². The molecule has 0 saturated carbocycles. The lowest BCUT2D eigenvalue weighted by atomic mass is 10.0. The predicted octanol–water partition coefficient (Wildman–Crippen LogP) is 4.59. The summed E-state index contributed by atoms with van der Waals surface area (Å²) >= 11 is 0. The van der Waals surface area contributed by atoms with Crippen molar-refractivity contribution in [1.29, 1.82) is 0 Å². The van der Waals surface area contributed by atoms with Crippen LogP contribution >= 0.6 is 0 Å². The molecule has 0 spiro atoms. The molecule has 166 valence electrons. The molecule has 1 saturated heterocycles. The molecule has 0 bridgehead atoms. The number of nitrogens with zero attached hydrogens (tertiary/aromatic N) is 2. The van der Waals surface area contributed by atoms with E-state index in [4.69, 9.17) is 14.0 Å². The normalized spacial score (nSPS) is 18.3. The zero-order valence-corrected chi connectivity index (χ0v) is 18.2. The van der Waals surface area contributed by atoms with Crippen molar-refractivity contribution < 1.29 is 18.8 Å². The van der Waals surface area contributed by atoms with Gasteiger partial charge in [0.05, 0.1) is 19.8 Å². The Labute approximate surface area is 187 Å². The Kier molecular flexibility index (Phi) is 5.81. The van der Waals surface area contributed by atoms with Gasteiger partial charge in [-0.05, 0) is 44.0 Å². The van der Waals surface area contributed by atoms with E-state index in [1.165, 1.54) is 5.56 Å². The fraction of sp³-hybridized carbons (Fsp3) is 0.360. The molecule has 32 heavy (non-hydrogen) atoms. The van der Waals surface area contributed by atoms with Gasteiger partial charge in [0, 0.05) is 24.1 Å². The molecule has 3 aromatic rings. The Morgan fingerprint density at radius 2 is 1.88 bits per heavy atom. The Bertz CT molecular complexity index is 1090. The van der Waals surface area contributed by atoms with Crippen molar-refractivity contribution in [3.63, 3.8) is 0 Å². The first-order valence-electron chi connectivity index (χ1n) is 11.1. The number of benzene rings is 2. The SMILES string of the molecule is Cc1ccc(-c2cc(NC(=O)CN3CCC[C@H]3c3ccc4c(c3)OCCCO4)on2)cc1. The standard InChI is InChI=1S/C25H27N3O4/c1-17-5-7-18(8-6-17)20-15-25(32-27-20)26-24(29)16-28-11-2-4-21(28)19-9-10-22-23(14-19)31-13-3-12-30-22/h5-10,14-15,21H,2-4,11-13,16H2,1H3,(H,26,29)/t21-/m0/s1. The molecule has 0 radical (unpaired) electrons. The van der Waals surface area contributed by atoms with E-state index in [0.717, 1.165) is 48.4 Å². The Hall–Kier alpha value is -3.32. The van der Waals surface area contributed by atoms with Crippen LogP contribution in [-0.4, -0.2) is 42.3 Å². The molecule has 2 aliphatic heterocycles. The number of likely N-dealkylation sites (tertiary alicyclic amines) is 1. The number of anilines is 1. The quantitative estimate of drug-likeness (QED) is 0.634. The van der Waals surface area contributed by atoms with Crippen LogP contribution in [0.3, 0.4) is 0 Å². The second kappa shape index (κ2) is 9.04. The van der Waals surface area contributed by atoms with E-state index >= 15 is 0 Å². The van der Waals surface area contributed by atoms with Gasteiger partial charge in [-0.2, -0.15) is 0 Å². The molecule has 1 amide bonds. The van der Waals surface area contributed by atoms with Crippen molar-refractivity contribution in [3.05, 3.63) is 59.7 Å². The minimum Gasteiger partial charge on any atom is -0.490 e. The number of carbonyl (C=O) groups is 1. The van der Waals surface area contributed by atoms with Crippen LogP contribution in [0.4, 0.5) is 5.88 Å². The molecule has 0 unspecified atom stereocenters. The summed E-state index contributed by atoms with van der Waals surface area (Å²) in [6.45, 7) is 4.54. The maximum absolute atomic E-state index is 12.7. The molecule has 0 aliphatic carbocycles. The molecule has 3 heterocycles. The number of hydrogen-bond acceptors (Lipinski definition) is 6. The minimum absolute atomic E-state index is 0.113. The van der Waals surface area contributed by atoms with Crippen molar-refractivity contribution in [2.24, 2.45) is 0 Å². The van der Waals surface area contributed by atoms with Crippen LogP contribution in [0.1, 0.15) is 36.4 Å². The van der Waals surface area contributed by atoms with Crippen LogP contribution in [0.15, 0.2) is 53.1 Å². The van der Waals surface area contributed by atoms with Crippen LogP contribution in [0.5, 0.6) is 11.5 Å². The fourth-order valence-corrected chi connectivity index (χ4v) is 4.34. The highest BCUT2D eigenvalue weighted by atomic mass is 16.5. The van der Waals surface area contributed by atoms with E-state index in [0.29, 0.717) is 31.3 Å². The first-order valence-corrected chi connectivity index (χ1v) is 11.1. The van der Waals surface area contributed by atoms with Crippen LogP contribution in [0.2, 0.25) is 0 Å². The summed E-state index contributed by atoms with van der Waals surface area (Å²) < 4.78 is 16.9. The zero-order chi connectivity index (χ0) is 21.9. The molecule has 1 N–H and O–H groups in total. The van der Waals surface area contributed by atoms with Crippen LogP contribution < -0.4 is 14.8 Å². The highest BCUT2D eigenvalue weighted by molar-refractivity contribution is 5.91. The van der Waals surface area contributed by atoms with Gasteiger partial charge in [0.25, 0.3) is 0 Å². The summed E-state index contributed by atoms with van der Waals surface area (Å²) in [5.41, 5.74) is 3.99. The number of carbonyl (C=O) groups excluding carboxylic acids is 1. The van der Waals surface area contributed by atoms with E-state index in [9.17, 15) is 4.79 Å². The van der Waals surface area contributed by atoms with Gasteiger partial charge in [-0.25, -0.2) is 0 Å². The van der Waals surface area contributed by atoms with Gasteiger partial charge < -0.3 is 14.0 Å². The van der Waals surface area contributed by atoms with E-state index < -0.39 is 0 Å². The smallest absolute Gasteiger partial charge is 0.240 e. The Balaban J connectivity index is 1.23.